The zero-order chi connectivity index (χ0) is 20.8. The summed E-state index contributed by atoms with van der Waals surface area (Å²) in [5, 5.41) is 2.98. The Morgan fingerprint density at radius 3 is 1.71 bits per heavy atom. The Balaban J connectivity index is 2.42. The van der Waals surface area contributed by atoms with Crippen molar-refractivity contribution >= 4 is 11.7 Å². The average molecular weight is 404 g/mol. The predicted molar refractivity (Wildman–Crippen MR) is 104 cm³/mol. The molecule has 1 aliphatic carbocycles. The van der Waals surface area contributed by atoms with E-state index in [1.165, 1.54) is 0 Å². The molecule has 0 saturated heterocycles. The third-order valence-electron chi connectivity index (χ3n) is 4.53. The first-order valence-electron chi connectivity index (χ1n) is 10.3. The molecule has 28 heavy (non-hydrogen) atoms. The fourth-order valence-electron chi connectivity index (χ4n) is 2.75. The molecule has 0 heterocycles. The van der Waals surface area contributed by atoms with Crippen molar-refractivity contribution in [2.75, 3.05) is 52.9 Å². The molecular formula is C20H37NO7. The Kier molecular flexibility index (Phi) is 12.5. The molecule has 1 amide bonds. The molecule has 0 unspecified atom stereocenters. The Hall–Kier alpha value is -1.06. The minimum atomic E-state index is -0.742. The molecule has 1 fully saturated rings. The first kappa shape index (κ1) is 25.0. The lowest BCUT2D eigenvalue weighted by Gasteiger charge is -2.36. The van der Waals surface area contributed by atoms with E-state index in [4.69, 9.17) is 23.7 Å². The standard InChI is InChI=1S/C20H37NO7/c1-5-16(22)11-27-17-9-18(10-17)28-12-19(23)21-20(13-24-6-2,14-25-7-3)15-26-8-4/h17-18H,5-15H2,1-4H3,(H,21,23). The number of ether oxygens (including phenoxy) is 5. The number of amides is 1. The van der Waals surface area contributed by atoms with Crippen LogP contribution in [0, 0.1) is 0 Å². The summed E-state index contributed by atoms with van der Waals surface area (Å²) in [6.07, 6.45) is 1.90. The van der Waals surface area contributed by atoms with Crippen molar-refractivity contribution in [3.8, 4) is 0 Å². The van der Waals surface area contributed by atoms with Crippen LogP contribution < -0.4 is 5.32 Å². The normalized spacial score (nSPS) is 19.3. The van der Waals surface area contributed by atoms with Gasteiger partial charge in [0.05, 0.1) is 32.0 Å². The second-order valence-electron chi connectivity index (χ2n) is 6.97. The number of Topliss-reactive ketones (excluding diaryl/α,β-unsaturated/α-hetero) is 1. The molecule has 1 aliphatic rings. The van der Waals surface area contributed by atoms with Crippen LogP contribution in [-0.2, 0) is 33.3 Å². The number of carbonyl (C=O) groups excluding carboxylic acids is 2. The van der Waals surface area contributed by atoms with Gasteiger partial charge < -0.3 is 29.0 Å². The van der Waals surface area contributed by atoms with Crippen molar-refractivity contribution in [1.29, 1.82) is 0 Å². The minimum absolute atomic E-state index is 0.0208. The molecule has 0 spiro atoms. The van der Waals surface area contributed by atoms with Gasteiger partial charge in [-0.1, -0.05) is 6.92 Å². The van der Waals surface area contributed by atoms with E-state index >= 15 is 0 Å². The highest BCUT2D eigenvalue weighted by molar-refractivity contribution is 5.79. The maximum atomic E-state index is 12.4. The Morgan fingerprint density at radius 2 is 1.29 bits per heavy atom. The number of hydrogen-bond donors (Lipinski definition) is 1. The van der Waals surface area contributed by atoms with Gasteiger partial charge >= 0.3 is 0 Å². The first-order chi connectivity index (χ1) is 13.5. The molecule has 1 saturated carbocycles. The summed E-state index contributed by atoms with van der Waals surface area (Å²) in [5.74, 6) is -0.136. The van der Waals surface area contributed by atoms with E-state index in [0.29, 0.717) is 58.9 Å². The third kappa shape index (κ3) is 9.43. The average Bonchev–Trinajstić information content (AvgIpc) is 2.67. The van der Waals surface area contributed by atoms with Gasteiger partial charge in [-0.25, -0.2) is 0 Å². The van der Waals surface area contributed by atoms with Gasteiger partial charge in [0.15, 0.2) is 5.78 Å². The number of carbonyl (C=O) groups is 2. The summed E-state index contributed by atoms with van der Waals surface area (Å²) in [4.78, 5) is 23.7. The summed E-state index contributed by atoms with van der Waals surface area (Å²) in [5.41, 5.74) is -0.742. The Labute approximate surface area is 168 Å². The third-order valence-corrected chi connectivity index (χ3v) is 4.53. The van der Waals surface area contributed by atoms with E-state index in [0.717, 1.165) is 0 Å². The second-order valence-corrected chi connectivity index (χ2v) is 6.97. The molecule has 0 bridgehead atoms. The monoisotopic (exact) mass is 403 g/mol. The van der Waals surface area contributed by atoms with Crippen molar-refractivity contribution < 1.29 is 33.3 Å². The van der Waals surface area contributed by atoms with Gasteiger partial charge in [-0.05, 0) is 33.6 Å². The molecule has 0 aliphatic heterocycles. The molecule has 8 heteroatoms. The van der Waals surface area contributed by atoms with Crippen LogP contribution in [0.2, 0.25) is 0 Å². The van der Waals surface area contributed by atoms with Gasteiger partial charge in [-0.3, -0.25) is 9.59 Å². The summed E-state index contributed by atoms with van der Waals surface area (Å²) in [6, 6.07) is 0. The van der Waals surface area contributed by atoms with Gasteiger partial charge in [-0.15, -0.1) is 0 Å². The maximum absolute atomic E-state index is 12.4. The topological polar surface area (TPSA) is 92.3 Å². The lowest BCUT2D eigenvalue weighted by atomic mass is 9.92. The van der Waals surface area contributed by atoms with E-state index < -0.39 is 5.54 Å². The fraction of sp³-hybridized carbons (Fsp3) is 0.900. The van der Waals surface area contributed by atoms with Crippen LogP contribution in [0.25, 0.3) is 0 Å². The van der Waals surface area contributed by atoms with Crippen LogP contribution in [0.4, 0.5) is 0 Å². The molecule has 0 aromatic heterocycles. The highest BCUT2D eigenvalue weighted by Gasteiger charge is 2.35. The van der Waals surface area contributed by atoms with Crippen molar-refractivity contribution in [2.45, 2.75) is 64.7 Å². The van der Waals surface area contributed by atoms with Crippen LogP contribution in [0.3, 0.4) is 0 Å². The second kappa shape index (κ2) is 14.0. The Morgan fingerprint density at radius 1 is 0.821 bits per heavy atom. The molecule has 1 N–H and O–H groups in total. The van der Waals surface area contributed by atoms with Crippen LogP contribution in [-0.4, -0.2) is 82.3 Å². The SMILES string of the molecule is CCOCC(COCC)(COCC)NC(=O)COC1CC(OCC(=O)CC)C1. The maximum Gasteiger partial charge on any atom is 0.246 e. The molecule has 0 aromatic carbocycles. The van der Waals surface area contributed by atoms with E-state index in [1.54, 1.807) is 0 Å². The molecule has 8 nitrogen and oxygen atoms in total. The molecule has 164 valence electrons. The first-order valence-corrected chi connectivity index (χ1v) is 10.3. The molecule has 0 aromatic rings. The smallest absolute Gasteiger partial charge is 0.246 e. The molecule has 0 radical (unpaired) electrons. The van der Waals surface area contributed by atoms with E-state index in [1.807, 2.05) is 27.7 Å². The summed E-state index contributed by atoms with van der Waals surface area (Å²) >= 11 is 0. The molecule has 1 rings (SSSR count). The van der Waals surface area contributed by atoms with Gasteiger partial charge in [-0.2, -0.15) is 0 Å². The Bertz CT molecular complexity index is 430. The lowest BCUT2D eigenvalue weighted by Crippen LogP contribution is -2.59. The highest BCUT2D eigenvalue weighted by atomic mass is 16.5. The summed E-state index contributed by atoms with van der Waals surface area (Å²) in [6.45, 7) is 10.2. The van der Waals surface area contributed by atoms with Gasteiger partial charge in [0, 0.05) is 26.2 Å². The van der Waals surface area contributed by atoms with Crippen LogP contribution in [0.15, 0.2) is 0 Å². The molecular weight excluding hydrogens is 366 g/mol. The van der Waals surface area contributed by atoms with Gasteiger partial charge in [0.25, 0.3) is 0 Å². The number of hydrogen-bond acceptors (Lipinski definition) is 7. The zero-order valence-electron chi connectivity index (χ0n) is 17.8. The quantitative estimate of drug-likeness (QED) is 0.393. The van der Waals surface area contributed by atoms with E-state index in [2.05, 4.69) is 5.32 Å². The molecule has 0 atom stereocenters. The van der Waals surface area contributed by atoms with Crippen molar-refractivity contribution in [1.82, 2.24) is 5.32 Å². The van der Waals surface area contributed by atoms with Gasteiger partial charge in [0.1, 0.15) is 18.8 Å². The number of ketones is 1. The number of rotatable bonds is 17. The van der Waals surface area contributed by atoms with E-state index in [-0.39, 0.29) is 37.1 Å². The number of nitrogens with one attached hydrogen (secondary N) is 1. The summed E-state index contributed by atoms with van der Waals surface area (Å²) < 4.78 is 27.8. The minimum Gasteiger partial charge on any atom is -0.379 e. The highest BCUT2D eigenvalue weighted by Crippen LogP contribution is 2.26. The zero-order valence-corrected chi connectivity index (χ0v) is 17.8. The van der Waals surface area contributed by atoms with Crippen LogP contribution in [0.5, 0.6) is 0 Å². The van der Waals surface area contributed by atoms with Crippen LogP contribution >= 0.6 is 0 Å². The van der Waals surface area contributed by atoms with Crippen LogP contribution in [0.1, 0.15) is 47.0 Å². The predicted octanol–water partition coefficient (Wildman–Crippen LogP) is 1.49. The lowest BCUT2D eigenvalue weighted by molar-refractivity contribution is -0.145. The van der Waals surface area contributed by atoms with Crippen molar-refractivity contribution in [2.24, 2.45) is 0 Å². The van der Waals surface area contributed by atoms with Crippen molar-refractivity contribution in [3.05, 3.63) is 0 Å². The summed E-state index contributed by atoms with van der Waals surface area (Å²) in [7, 11) is 0. The van der Waals surface area contributed by atoms with E-state index in [9.17, 15) is 9.59 Å². The van der Waals surface area contributed by atoms with Crippen molar-refractivity contribution in [3.63, 3.8) is 0 Å². The van der Waals surface area contributed by atoms with Gasteiger partial charge in [0.2, 0.25) is 5.91 Å². The fourth-order valence-corrected chi connectivity index (χ4v) is 2.75. The largest absolute Gasteiger partial charge is 0.379 e.